The Hall–Kier alpha value is -2.02. The highest BCUT2D eigenvalue weighted by Crippen LogP contribution is 2.25. The Morgan fingerprint density at radius 2 is 2.11 bits per heavy atom. The second-order valence-electron chi connectivity index (χ2n) is 4.06. The maximum atomic E-state index is 11.6. The van der Waals surface area contributed by atoms with Gasteiger partial charge in [-0.15, -0.1) is 0 Å². The van der Waals surface area contributed by atoms with Gasteiger partial charge in [0.15, 0.2) is 5.16 Å². The summed E-state index contributed by atoms with van der Waals surface area (Å²) in [4.78, 5) is 26.7. The van der Waals surface area contributed by atoms with Crippen LogP contribution in [0.3, 0.4) is 0 Å². The number of urea groups is 1. The van der Waals surface area contributed by atoms with Gasteiger partial charge in [0, 0.05) is 7.05 Å². The van der Waals surface area contributed by atoms with Crippen LogP contribution in [0.25, 0.3) is 11.0 Å². The van der Waals surface area contributed by atoms with E-state index in [0.29, 0.717) is 5.16 Å². The number of benzene rings is 1. The second kappa shape index (κ2) is 5.31. The fourth-order valence-corrected chi connectivity index (χ4v) is 2.55. The lowest BCUT2D eigenvalue weighted by Crippen LogP contribution is -2.39. The van der Waals surface area contributed by atoms with E-state index in [0.717, 1.165) is 11.0 Å². The van der Waals surface area contributed by atoms with Crippen molar-refractivity contribution in [2.75, 3.05) is 0 Å². The molecule has 0 radical (unpaired) electrons. The topological polar surface area (TPSA) is 90.0 Å². The zero-order valence-corrected chi connectivity index (χ0v) is 11.4. The molecule has 0 spiro atoms. The lowest BCUT2D eigenvalue weighted by molar-refractivity contribution is -0.119. The van der Waals surface area contributed by atoms with E-state index >= 15 is 0 Å². The molecule has 0 bridgehead atoms. The molecule has 0 saturated heterocycles. The van der Waals surface area contributed by atoms with Gasteiger partial charge in [0.1, 0.15) is 0 Å². The fraction of sp³-hybridized carbons (Fsp3) is 0.250. The number of hydrogen-bond acceptors (Lipinski definition) is 4. The van der Waals surface area contributed by atoms with Crippen LogP contribution < -0.4 is 11.1 Å². The molecule has 100 valence electrons. The molecule has 0 fully saturated rings. The van der Waals surface area contributed by atoms with Gasteiger partial charge in [0.05, 0.1) is 16.3 Å². The highest BCUT2D eigenvalue weighted by Gasteiger charge is 2.19. The van der Waals surface area contributed by atoms with Gasteiger partial charge >= 0.3 is 6.03 Å². The summed E-state index contributed by atoms with van der Waals surface area (Å²) in [6.07, 6.45) is 0. The van der Waals surface area contributed by atoms with Crippen molar-refractivity contribution in [2.45, 2.75) is 17.3 Å². The molecule has 2 aromatic rings. The maximum Gasteiger partial charge on any atom is 0.318 e. The fourth-order valence-electron chi connectivity index (χ4n) is 1.66. The number of hydrogen-bond donors (Lipinski definition) is 2. The summed E-state index contributed by atoms with van der Waals surface area (Å²) in [6.45, 7) is 1.70. The zero-order chi connectivity index (χ0) is 14.0. The largest absolute Gasteiger partial charge is 0.351 e. The summed E-state index contributed by atoms with van der Waals surface area (Å²) in [5, 5.41) is 2.32. The molecule has 0 aliphatic carbocycles. The average molecular weight is 278 g/mol. The van der Waals surface area contributed by atoms with Crippen LogP contribution in [0.4, 0.5) is 4.79 Å². The predicted molar refractivity (Wildman–Crippen MR) is 73.8 cm³/mol. The van der Waals surface area contributed by atoms with Crippen molar-refractivity contribution in [1.29, 1.82) is 0 Å². The summed E-state index contributed by atoms with van der Waals surface area (Å²) < 4.78 is 1.91. The number of nitrogens with two attached hydrogens (primary N) is 1. The number of imide groups is 1. The zero-order valence-electron chi connectivity index (χ0n) is 10.6. The lowest BCUT2D eigenvalue weighted by Gasteiger charge is -2.09. The molecule has 1 atom stereocenters. The number of para-hydroxylation sites is 2. The molecule has 0 aliphatic heterocycles. The summed E-state index contributed by atoms with van der Waals surface area (Å²) >= 11 is 1.28. The lowest BCUT2D eigenvalue weighted by atomic mass is 10.3. The van der Waals surface area contributed by atoms with Gasteiger partial charge in [-0.1, -0.05) is 23.9 Å². The molecular weight excluding hydrogens is 264 g/mol. The third kappa shape index (κ3) is 2.87. The van der Waals surface area contributed by atoms with E-state index in [4.69, 9.17) is 5.73 Å². The molecule has 1 aromatic heterocycles. The Morgan fingerprint density at radius 1 is 1.42 bits per heavy atom. The third-order valence-corrected chi connectivity index (χ3v) is 3.79. The van der Waals surface area contributed by atoms with Crippen molar-refractivity contribution in [3.05, 3.63) is 24.3 Å². The quantitative estimate of drug-likeness (QED) is 0.827. The molecule has 1 unspecified atom stereocenters. The van der Waals surface area contributed by atoms with Crippen LogP contribution in [0.5, 0.6) is 0 Å². The minimum Gasteiger partial charge on any atom is -0.351 e. The Balaban J connectivity index is 2.19. The van der Waals surface area contributed by atoms with Gasteiger partial charge < -0.3 is 10.3 Å². The molecule has 1 heterocycles. The van der Waals surface area contributed by atoms with Gasteiger partial charge in [-0.2, -0.15) is 0 Å². The van der Waals surface area contributed by atoms with Crippen LogP contribution in [-0.2, 0) is 11.8 Å². The first-order valence-electron chi connectivity index (χ1n) is 5.67. The van der Waals surface area contributed by atoms with Crippen LogP contribution in [0.1, 0.15) is 6.92 Å². The summed E-state index contributed by atoms with van der Waals surface area (Å²) in [5.74, 6) is -0.426. The first kappa shape index (κ1) is 13.4. The molecule has 3 N–H and O–H groups in total. The molecule has 19 heavy (non-hydrogen) atoms. The second-order valence-corrected chi connectivity index (χ2v) is 5.36. The molecule has 0 aliphatic rings. The van der Waals surface area contributed by atoms with Gasteiger partial charge in [-0.05, 0) is 19.1 Å². The number of nitrogens with one attached hydrogen (secondary N) is 1. The van der Waals surface area contributed by atoms with Crippen molar-refractivity contribution in [2.24, 2.45) is 12.8 Å². The van der Waals surface area contributed by atoms with E-state index in [1.165, 1.54) is 11.8 Å². The standard InChI is InChI=1S/C12H14N4O2S/c1-7(10(17)15-11(13)18)19-12-14-8-5-3-4-6-9(8)16(12)2/h3-7H,1-2H3,(H3,13,15,17,18). The summed E-state index contributed by atoms with van der Waals surface area (Å²) in [5.41, 5.74) is 6.78. The SMILES string of the molecule is CC(Sc1nc2ccccc2n1C)C(=O)NC(N)=O. The highest BCUT2D eigenvalue weighted by molar-refractivity contribution is 8.00. The van der Waals surface area contributed by atoms with E-state index < -0.39 is 17.2 Å². The van der Waals surface area contributed by atoms with E-state index in [2.05, 4.69) is 10.3 Å². The Kier molecular flexibility index (Phi) is 3.75. The van der Waals surface area contributed by atoms with E-state index in [1.807, 2.05) is 35.9 Å². The van der Waals surface area contributed by atoms with Crippen LogP contribution >= 0.6 is 11.8 Å². The Morgan fingerprint density at radius 3 is 2.74 bits per heavy atom. The van der Waals surface area contributed by atoms with Crippen molar-refractivity contribution >= 4 is 34.7 Å². The van der Waals surface area contributed by atoms with Crippen LogP contribution in [0, 0.1) is 0 Å². The number of thioether (sulfide) groups is 1. The number of rotatable bonds is 3. The molecule has 2 rings (SSSR count). The van der Waals surface area contributed by atoms with Crippen LogP contribution in [0.15, 0.2) is 29.4 Å². The van der Waals surface area contributed by atoms with Crippen molar-refractivity contribution < 1.29 is 9.59 Å². The Labute approximate surface area is 114 Å². The summed E-state index contributed by atoms with van der Waals surface area (Å²) in [6, 6.07) is 6.87. The highest BCUT2D eigenvalue weighted by atomic mass is 32.2. The van der Waals surface area contributed by atoms with Gasteiger partial charge in [-0.3, -0.25) is 10.1 Å². The molecule has 6 nitrogen and oxygen atoms in total. The molecule has 3 amide bonds. The third-order valence-electron chi connectivity index (χ3n) is 2.64. The first-order chi connectivity index (χ1) is 8.99. The van der Waals surface area contributed by atoms with Gasteiger partial charge in [0.25, 0.3) is 0 Å². The normalized spacial score (nSPS) is 12.3. The van der Waals surface area contributed by atoms with E-state index in [-0.39, 0.29) is 0 Å². The predicted octanol–water partition coefficient (Wildman–Crippen LogP) is 1.25. The van der Waals surface area contributed by atoms with E-state index in [9.17, 15) is 9.59 Å². The smallest absolute Gasteiger partial charge is 0.318 e. The number of fused-ring (bicyclic) bond motifs is 1. The summed E-state index contributed by atoms with van der Waals surface area (Å²) in [7, 11) is 1.89. The molecular formula is C12H14N4O2S. The number of primary amides is 1. The van der Waals surface area contributed by atoms with Crippen LogP contribution in [0.2, 0.25) is 0 Å². The van der Waals surface area contributed by atoms with Crippen LogP contribution in [-0.4, -0.2) is 26.7 Å². The molecule has 7 heteroatoms. The molecule has 0 saturated carbocycles. The number of aryl methyl sites for hydroxylation is 1. The number of carbonyl (C=O) groups excluding carboxylic acids is 2. The number of aromatic nitrogens is 2. The van der Waals surface area contributed by atoms with E-state index in [1.54, 1.807) is 6.92 Å². The Bertz CT molecular complexity index is 638. The number of amides is 3. The van der Waals surface area contributed by atoms with Crippen molar-refractivity contribution in [1.82, 2.24) is 14.9 Å². The van der Waals surface area contributed by atoms with Crippen molar-refractivity contribution in [3.8, 4) is 0 Å². The monoisotopic (exact) mass is 278 g/mol. The first-order valence-corrected chi connectivity index (χ1v) is 6.55. The van der Waals surface area contributed by atoms with Crippen molar-refractivity contribution in [3.63, 3.8) is 0 Å². The average Bonchev–Trinajstić information content (AvgIpc) is 2.66. The minimum absolute atomic E-state index is 0.426. The maximum absolute atomic E-state index is 11.6. The van der Waals surface area contributed by atoms with Gasteiger partial charge in [-0.25, -0.2) is 9.78 Å². The van der Waals surface area contributed by atoms with Gasteiger partial charge in [0.2, 0.25) is 5.91 Å². The number of imidazole rings is 1. The number of nitrogens with zero attached hydrogens (tertiary/aromatic N) is 2. The molecule has 1 aromatic carbocycles. The number of carbonyl (C=O) groups is 2. The minimum atomic E-state index is -0.845.